The van der Waals surface area contributed by atoms with Crippen LogP contribution in [0.25, 0.3) is 0 Å². The molecule has 0 atom stereocenters. The Morgan fingerprint density at radius 3 is 2.67 bits per heavy atom. The number of likely N-dealkylation sites (N-methyl/N-ethyl adjacent to an activating group) is 1. The second-order valence-electron chi connectivity index (χ2n) is 5.78. The van der Waals surface area contributed by atoms with Crippen LogP contribution in [0.15, 0.2) is 36.4 Å². The quantitative estimate of drug-likeness (QED) is 0.837. The van der Waals surface area contributed by atoms with E-state index in [2.05, 4.69) is 5.32 Å². The van der Waals surface area contributed by atoms with Crippen molar-refractivity contribution in [3.8, 4) is 5.75 Å². The summed E-state index contributed by atoms with van der Waals surface area (Å²) < 4.78 is 19.2. The van der Waals surface area contributed by atoms with Crippen LogP contribution in [0, 0.1) is 6.92 Å². The van der Waals surface area contributed by atoms with Crippen molar-refractivity contribution in [2.45, 2.75) is 40.0 Å². The number of alkyl halides is 1. The van der Waals surface area contributed by atoms with Crippen molar-refractivity contribution in [2.75, 3.05) is 7.05 Å². The Hall–Kier alpha value is -2.36. The summed E-state index contributed by atoms with van der Waals surface area (Å²) in [5, 5.41) is 2.64. The van der Waals surface area contributed by atoms with Crippen LogP contribution in [0.2, 0.25) is 0 Å². The molecule has 3 nitrogen and oxygen atoms in total. The summed E-state index contributed by atoms with van der Waals surface area (Å²) in [5.41, 5.74) is 4.62. The van der Waals surface area contributed by atoms with E-state index >= 15 is 0 Å². The van der Waals surface area contributed by atoms with Crippen LogP contribution >= 0.6 is 0 Å². The fraction of sp³-hybridized carbons (Fsp3) is 0.350. The molecule has 2 aromatic carbocycles. The molecule has 0 unspecified atom stereocenters. The lowest BCUT2D eigenvalue weighted by molar-refractivity contribution is -0.119. The van der Waals surface area contributed by atoms with Crippen LogP contribution in [0.3, 0.4) is 0 Å². The fourth-order valence-corrected chi connectivity index (χ4v) is 2.64. The van der Waals surface area contributed by atoms with Gasteiger partial charge in [-0.2, -0.15) is 0 Å². The second-order valence-corrected chi connectivity index (χ2v) is 5.78. The maximum absolute atomic E-state index is 13.3. The van der Waals surface area contributed by atoms with Gasteiger partial charge in [0.1, 0.15) is 19.0 Å². The van der Waals surface area contributed by atoms with Crippen molar-refractivity contribution < 1.29 is 13.9 Å². The number of benzene rings is 2. The maximum Gasteiger partial charge on any atom is 0.224 e. The average molecular weight is 329 g/mol. The minimum absolute atomic E-state index is 0.0430. The molecule has 0 aromatic heterocycles. The molecule has 0 bridgehead atoms. The highest BCUT2D eigenvalue weighted by molar-refractivity contribution is 5.78. The molecular weight excluding hydrogens is 305 g/mol. The first-order chi connectivity index (χ1) is 11.6. The molecule has 0 spiro atoms. The summed E-state index contributed by atoms with van der Waals surface area (Å²) in [4.78, 5) is 11.7. The average Bonchev–Trinajstić information content (AvgIpc) is 2.61. The van der Waals surface area contributed by atoms with Crippen molar-refractivity contribution >= 4 is 5.91 Å². The van der Waals surface area contributed by atoms with Crippen molar-refractivity contribution in [2.24, 2.45) is 0 Å². The van der Waals surface area contributed by atoms with Crippen molar-refractivity contribution in [1.29, 1.82) is 0 Å². The lowest BCUT2D eigenvalue weighted by atomic mass is 10.00. The second kappa shape index (κ2) is 8.48. The van der Waals surface area contributed by atoms with Gasteiger partial charge in [0.2, 0.25) is 5.91 Å². The van der Waals surface area contributed by atoms with Gasteiger partial charge in [0.05, 0.1) is 6.42 Å². The number of aryl methyl sites for hydroxylation is 2. The zero-order valence-electron chi connectivity index (χ0n) is 14.5. The fourth-order valence-electron chi connectivity index (χ4n) is 2.64. The summed E-state index contributed by atoms with van der Waals surface area (Å²) in [6.07, 6.45) is 1.17. The monoisotopic (exact) mass is 329 g/mol. The van der Waals surface area contributed by atoms with E-state index in [1.54, 1.807) is 7.05 Å². The Bertz CT molecular complexity index is 713. The third kappa shape index (κ3) is 4.34. The molecule has 0 heterocycles. The molecule has 4 heteroatoms. The molecule has 0 aliphatic carbocycles. The lowest BCUT2D eigenvalue weighted by Crippen LogP contribution is -2.21. The van der Waals surface area contributed by atoms with Gasteiger partial charge in [0, 0.05) is 12.6 Å². The summed E-state index contributed by atoms with van der Waals surface area (Å²) in [6.45, 7) is 3.79. The predicted octanol–water partition coefficient (Wildman–Crippen LogP) is 3.89. The zero-order chi connectivity index (χ0) is 17.5. The Balaban J connectivity index is 2.21. The molecule has 0 radical (unpaired) electrons. The predicted molar refractivity (Wildman–Crippen MR) is 93.9 cm³/mol. The number of halogens is 1. The third-order valence-corrected chi connectivity index (χ3v) is 4.19. The Morgan fingerprint density at radius 1 is 1.21 bits per heavy atom. The number of rotatable bonds is 7. The van der Waals surface area contributed by atoms with Gasteiger partial charge in [0.25, 0.3) is 0 Å². The molecule has 0 aliphatic rings. The van der Waals surface area contributed by atoms with Crippen LogP contribution in [0.4, 0.5) is 4.39 Å². The Kier molecular flexibility index (Phi) is 6.36. The number of hydrogen-bond donors (Lipinski definition) is 1. The van der Waals surface area contributed by atoms with Gasteiger partial charge >= 0.3 is 0 Å². The Morgan fingerprint density at radius 2 is 2.00 bits per heavy atom. The summed E-state index contributed by atoms with van der Waals surface area (Å²) in [6, 6.07) is 11.5. The van der Waals surface area contributed by atoms with Gasteiger partial charge in [-0.25, -0.2) is 4.39 Å². The first-order valence-corrected chi connectivity index (χ1v) is 8.17. The molecule has 0 saturated carbocycles. The largest absolute Gasteiger partial charge is 0.489 e. The van der Waals surface area contributed by atoms with Crippen molar-refractivity contribution in [1.82, 2.24) is 5.32 Å². The van der Waals surface area contributed by atoms with Gasteiger partial charge in [0.15, 0.2) is 0 Å². The van der Waals surface area contributed by atoms with Crippen LogP contribution < -0.4 is 10.1 Å². The summed E-state index contributed by atoms with van der Waals surface area (Å²) >= 11 is 0. The number of ether oxygens (including phenoxy) is 1. The number of carbonyl (C=O) groups excluding carboxylic acids is 1. The standard InChI is InChI=1S/C20H24FNO2/c1-4-15-8-9-19(17(10-15)12-21)24-13-18-14(2)6-5-7-16(18)11-20(23)22-3/h5-10H,4,11-13H2,1-3H3,(H,22,23). The van der Waals surface area contributed by atoms with E-state index in [0.717, 1.165) is 28.7 Å². The summed E-state index contributed by atoms with van der Waals surface area (Å²) in [7, 11) is 1.62. The highest BCUT2D eigenvalue weighted by Crippen LogP contribution is 2.24. The van der Waals surface area contributed by atoms with Gasteiger partial charge < -0.3 is 10.1 Å². The molecule has 24 heavy (non-hydrogen) atoms. The Labute approximate surface area is 142 Å². The minimum Gasteiger partial charge on any atom is -0.489 e. The van der Waals surface area contributed by atoms with E-state index in [1.165, 1.54) is 0 Å². The normalized spacial score (nSPS) is 10.5. The van der Waals surface area contributed by atoms with E-state index in [4.69, 9.17) is 4.74 Å². The van der Waals surface area contributed by atoms with Crippen molar-refractivity contribution in [3.05, 3.63) is 64.2 Å². The smallest absolute Gasteiger partial charge is 0.224 e. The first kappa shape index (κ1) is 18.0. The maximum atomic E-state index is 13.3. The molecule has 1 amide bonds. The molecule has 2 aromatic rings. The summed E-state index contributed by atoms with van der Waals surface area (Å²) in [5.74, 6) is 0.516. The van der Waals surface area contributed by atoms with Crippen molar-refractivity contribution in [3.63, 3.8) is 0 Å². The van der Waals surface area contributed by atoms with Gasteiger partial charge in [-0.15, -0.1) is 0 Å². The third-order valence-electron chi connectivity index (χ3n) is 4.19. The van der Waals surface area contributed by atoms with E-state index in [0.29, 0.717) is 24.3 Å². The van der Waals surface area contributed by atoms with E-state index in [1.807, 2.05) is 50.2 Å². The zero-order valence-corrected chi connectivity index (χ0v) is 14.5. The molecule has 2 rings (SSSR count). The van der Waals surface area contributed by atoms with Crippen LogP contribution in [-0.4, -0.2) is 13.0 Å². The molecule has 128 valence electrons. The number of hydrogen-bond acceptors (Lipinski definition) is 2. The molecule has 0 aliphatic heterocycles. The topological polar surface area (TPSA) is 38.3 Å². The highest BCUT2D eigenvalue weighted by Gasteiger charge is 2.11. The molecule has 0 saturated heterocycles. The van der Waals surface area contributed by atoms with Gasteiger partial charge in [-0.1, -0.05) is 31.2 Å². The molecular formula is C20H24FNO2. The van der Waals surface area contributed by atoms with Gasteiger partial charge in [-0.3, -0.25) is 4.79 Å². The van der Waals surface area contributed by atoms with E-state index < -0.39 is 6.67 Å². The number of amides is 1. The van der Waals surface area contributed by atoms with Gasteiger partial charge in [-0.05, 0) is 47.7 Å². The molecule has 0 fully saturated rings. The van der Waals surface area contributed by atoms with Crippen LogP contribution in [-0.2, 0) is 30.9 Å². The highest BCUT2D eigenvalue weighted by atomic mass is 19.1. The lowest BCUT2D eigenvalue weighted by Gasteiger charge is -2.15. The van der Waals surface area contributed by atoms with Crippen LogP contribution in [0.1, 0.15) is 34.7 Å². The van der Waals surface area contributed by atoms with Crippen LogP contribution in [0.5, 0.6) is 5.75 Å². The number of nitrogens with one attached hydrogen (secondary N) is 1. The first-order valence-electron chi connectivity index (χ1n) is 8.17. The van der Waals surface area contributed by atoms with E-state index in [9.17, 15) is 9.18 Å². The molecule has 1 N–H and O–H groups in total. The SMILES string of the molecule is CCc1ccc(OCc2c(C)cccc2CC(=O)NC)c(CF)c1. The van der Waals surface area contributed by atoms with E-state index in [-0.39, 0.29) is 5.91 Å². The minimum atomic E-state index is -0.554. The number of carbonyl (C=O) groups is 1.